The normalized spacial score (nSPS) is 21.4. The lowest BCUT2D eigenvalue weighted by Gasteiger charge is -2.47. The summed E-state index contributed by atoms with van der Waals surface area (Å²) in [6.45, 7) is 0.492. The van der Waals surface area contributed by atoms with Gasteiger partial charge in [0.15, 0.2) is 9.84 Å². The molecular formula is C27H20F8N2O3S. The SMILES string of the molecule is O=C(C1CC(c2ccc(C(F)(C(F)(F)F)C(F)(F)F)cc2)(S(=O)(=O)c2ccc(F)cc2)C1)N1Cc2ccncc2C1. The predicted octanol–water partition coefficient (Wildman–Crippen LogP) is 6.13. The summed E-state index contributed by atoms with van der Waals surface area (Å²) in [5.41, 5.74) is -6.03. The largest absolute Gasteiger partial charge is 0.435 e. The minimum atomic E-state index is -6.35. The summed E-state index contributed by atoms with van der Waals surface area (Å²) in [6.07, 6.45) is -10.2. The zero-order chi connectivity index (χ0) is 30.0. The molecular weight excluding hydrogens is 584 g/mol. The van der Waals surface area contributed by atoms with Crippen molar-refractivity contribution < 1.29 is 48.3 Å². The van der Waals surface area contributed by atoms with Crippen LogP contribution in [0.5, 0.6) is 0 Å². The number of amides is 1. The zero-order valence-corrected chi connectivity index (χ0v) is 21.6. The van der Waals surface area contributed by atoms with Crippen LogP contribution in [0.3, 0.4) is 0 Å². The molecule has 0 bridgehead atoms. The molecule has 1 aromatic heterocycles. The summed E-state index contributed by atoms with van der Waals surface area (Å²) < 4.78 is 133. The van der Waals surface area contributed by atoms with E-state index < -0.39 is 49.9 Å². The van der Waals surface area contributed by atoms with Gasteiger partial charge >= 0.3 is 18.0 Å². The molecule has 1 saturated carbocycles. The highest BCUT2D eigenvalue weighted by Crippen LogP contribution is 2.57. The molecule has 0 saturated heterocycles. The van der Waals surface area contributed by atoms with Crippen LogP contribution in [0.1, 0.15) is 35.1 Å². The first-order valence-electron chi connectivity index (χ1n) is 12.2. The van der Waals surface area contributed by atoms with Crippen LogP contribution in [0.15, 0.2) is 71.9 Å². The predicted molar refractivity (Wildman–Crippen MR) is 128 cm³/mol. The second-order valence-corrected chi connectivity index (χ2v) is 12.4. The van der Waals surface area contributed by atoms with Crippen LogP contribution in [-0.4, -0.2) is 36.6 Å². The van der Waals surface area contributed by atoms with E-state index in [2.05, 4.69) is 4.98 Å². The number of carbonyl (C=O) groups is 1. The lowest BCUT2D eigenvalue weighted by Crippen LogP contribution is -2.53. The monoisotopic (exact) mass is 604 g/mol. The van der Waals surface area contributed by atoms with Crippen molar-refractivity contribution in [2.45, 2.75) is 53.6 Å². The van der Waals surface area contributed by atoms with Crippen molar-refractivity contribution >= 4 is 15.7 Å². The second kappa shape index (κ2) is 9.50. The minimum Gasteiger partial charge on any atom is -0.334 e. The molecule has 2 heterocycles. The summed E-state index contributed by atoms with van der Waals surface area (Å²) in [7, 11) is -4.47. The summed E-state index contributed by atoms with van der Waals surface area (Å²) in [5, 5.41) is 0. The number of alkyl halides is 7. The van der Waals surface area contributed by atoms with Crippen molar-refractivity contribution in [1.82, 2.24) is 9.88 Å². The van der Waals surface area contributed by atoms with Gasteiger partial charge in [0.1, 0.15) is 10.6 Å². The molecule has 41 heavy (non-hydrogen) atoms. The molecule has 218 valence electrons. The molecule has 0 unspecified atom stereocenters. The number of hydrogen-bond acceptors (Lipinski definition) is 4. The van der Waals surface area contributed by atoms with E-state index >= 15 is 0 Å². The molecule has 0 atom stereocenters. The molecule has 0 N–H and O–H groups in total. The van der Waals surface area contributed by atoms with Gasteiger partial charge in [0, 0.05) is 37.0 Å². The van der Waals surface area contributed by atoms with Crippen molar-refractivity contribution in [2.75, 3.05) is 0 Å². The van der Waals surface area contributed by atoms with Crippen LogP contribution in [-0.2, 0) is 38.1 Å². The number of pyridine rings is 1. The van der Waals surface area contributed by atoms with E-state index in [9.17, 15) is 48.3 Å². The fourth-order valence-corrected chi connectivity index (χ4v) is 7.72. The van der Waals surface area contributed by atoms with Crippen LogP contribution in [0.4, 0.5) is 35.1 Å². The van der Waals surface area contributed by atoms with E-state index in [0.29, 0.717) is 12.1 Å². The maximum Gasteiger partial charge on any atom is 0.435 e. The van der Waals surface area contributed by atoms with E-state index in [-0.39, 0.29) is 54.4 Å². The topological polar surface area (TPSA) is 67.3 Å². The van der Waals surface area contributed by atoms with Crippen molar-refractivity contribution in [1.29, 1.82) is 0 Å². The molecule has 2 aliphatic rings. The summed E-state index contributed by atoms with van der Waals surface area (Å²) >= 11 is 0. The Hall–Kier alpha value is -3.55. The third-order valence-electron chi connectivity index (χ3n) is 7.77. The molecule has 1 aliphatic heterocycles. The highest BCUT2D eigenvalue weighted by Gasteiger charge is 2.73. The van der Waals surface area contributed by atoms with Gasteiger partial charge < -0.3 is 4.90 Å². The van der Waals surface area contributed by atoms with Gasteiger partial charge in [-0.15, -0.1) is 0 Å². The highest BCUT2D eigenvalue weighted by molar-refractivity contribution is 7.92. The average Bonchev–Trinajstić information content (AvgIpc) is 3.31. The van der Waals surface area contributed by atoms with Crippen LogP contribution in [0, 0.1) is 11.7 Å². The van der Waals surface area contributed by atoms with E-state index in [1.54, 1.807) is 18.5 Å². The van der Waals surface area contributed by atoms with Gasteiger partial charge in [-0.05, 0) is 59.9 Å². The first kappa shape index (κ1) is 29.0. The lowest BCUT2D eigenvalue weighted by atomic mass is 9.69. The molecule has 5 rings (SSSR count). The number of rotatable bonds is 5. The summed E-state index contributed by atoms with van der Waals surface area (Å²) in [5.74, 6) is -1.98. The quantitative estimate of drug-likeness (QED) is 0.260. The lowest BCUT2D eigenvalue weighted by molar-refractivity contribution is -0.348. The molecule has 2 aromatic carbocycles. The van der Waals surface area contributed by atoms with Gasteiger partial charge in [-0.2, -0.15) is 26.3 Å². The van der Waals surface area contributed by atoms with E-state index in [4.69, 9.17) is 0 Å². The van der Waals surface area contributed by atoms with Crippen LogP contribution < -0.4 is 0 Å². The van der Waals surface area contributed by atoms with Gasteiger partial charge in [-0.3, -0.25) is 9.78 Å². The third kappa shape index (κ3) is 4.46. The Morgan fingerprint density at radius 2 is 1.39 bits per heavy atom. The molecule has 0 spiro atoms. The van der Waals surface area contributed by atoms with Crippen molar-refractivity contribution in [3.05, 3.63) is 95.1 Å². The molecule has 0 radical (unpaired) electrons. The number of nitrogens with zero attached hydrogens (tertiary/aromatic N) is 2. The van der Waals surface area contributed by atoms with Gasteiger partial charge in [0.05, 0.1) is 4.90 Å². The Morgan fingerprint density at radius 3 is 1.93 bits per heavy atom. The second-order valence-electron chi connectivity index (χ2n) is 10.1. The van der Waals surface area contributed by atoms with Gasteiger partial charge in [-0.1, -0.05) is 24.3 Å². The Morgan fingerprint density at radius 1 is 0.829 bits per heavy atom. The Labute approximate surface area is 228 Å². The Balaban J connectivity index is 1.51. The standard InChI is InChI=1S/C27H20F8N2O3S/c28-21-5-7-22(8-6-21)41(39,40)24(11-17(12-24)23(38)37-14-16-9-10-36-13-18(16)15-37)19-1-3-20(4-2-19)25(29,26(30,31)32)27(33,34)35/h1-10,13,17H,11-12,14-15H2. The highest BCUT2D eigenvalue weighted by atomic mass is 32.2. The minimum absolute atomic E-state index is 0.227. The molecule has 1 fully saturated rings. The fraction of sp³-hybridized carbons (Fsp3) is 0.333. The molecule has 1 aliphatic carbocycles. The maximum atomic E-state index is 14.6. The maximum absolute atomic E-state index is 14.6. The number of benzene rings is 2. The number of fused-ring (bicyclic) bond motifs is 1. The van der Waals surface area contributed by atoms with Crippen molar-refractivity contribution in [3.8, 4) is 0 Å². The van der Waals surface area contributed by atoms with Crippen LogP contribution in [0.2, 0.25) is 0 Å². The van der Waals surface area contributed by atoms with Crippen molar-refractivity contribution in [2.24, 2.45) is 5.92 Å². The van der Waals surface area contributed by atoms with Crippen molar-refractivity contribution in [3.63, 3.8) is 0 Å². The molecule has 3 aromatic rings. The fourth-order valence-electron chi connectivity index (χ4n) is 5.49. The molecule has 5 nitrogen and oxygen atoms in total. The number of sulfone groups is 1. The van der Waals surface area contributed by atoms with Gasteiger partial charge in [-0.25, -0.2) is 17.2 Å². The first-order valence-corrected chi connectivity index (χ1v) is 13.6. The molecule has 1 amide bonds. The first-order chi connectivity index (χ1) is 19.0. The Kier molecular flexibility index (Phi) is 6.71. The van der Waals surface area contributed by atoms with Gasteiger partial charge in [0.2, 0.25) is 5.91 Å². The number of carbonyl (C=O) groups excluding carboxylic acids is 1. The smallest absolute Gasteiger partial charge is 0.334 e. The molecule has 14 heteroatoms. The van der Waals surface area contributed by atoms with Gasteiger partial charge in [0.25, 0.3) is 0 Å². The zero-order valence-electron chi connectivity index (χ0n) is 20.8. The Bertz CT molecular complexity index is 1540. The van der Waals surface area contributed by atoms with Crippen LogP contribution >= 0.6 is 0 Å². The number of aromatic nitrogens is 1. The summed E-state index contributed by atoms with van der Waals surface area (Å²) in [4.78, 5) is 18.4. The third-order valence-corrected chi connectivity index (χ3v) is 10.3. The number of halogens is 8. The van der Waals surface area contributed by atoms with E-state index in [1.165, 1.54) is 4.90 Å². The summed E-state index contributed by atoms with van der Waals surface area (Å²) in [6, 6.07) is 7.33. The number of hydrogen-bond donors (Lipinski definition) is 0. The van der Waals surface area contributed by atoms with Crippen LogP contribution in [0.25, 0.3) is 0 Å². The van der Waals surface area contributed by atoms with E-state index in [1.807, 2.05) is 0 Å². The average molecular weight is 605 g/mol. The van der Waals surface area contributed by atoms with E-state index in [0.717, 1.165) is 35.4 Å².